The molecule has 2 heteroatoms. The number of fused-ring (bicyclic) bond motifs is 1. The molecule has 0 aliphatic heterocycles. The molecular weight excluding hydrogens is 324 g/mol. The molecular formula is C19H15BrO. The molecule has 0 aromatic heterocycles. The molecule has 3 aromatic rings. The highest BCUT2D eigenvalue weighted by Crippen LogP contribution is 2.23. The summed E-state index contributed by atoms with van der Waals surface area (Å²) in [5, 5.41) is 2.33. The highest BCUT2D eigenvalue weighted by atomic mass is 79.9. The van der Waals surface area contributed by atoms with Gasteiger partial charge in [-0.2, -0.15) is 0 Å². The monoisotopic (exact) mass is 338 g/mol. The first kappa shape index (κ1) is 14.0. The van der Waals surface area contributed by atoms with Crippen LogP contribution in [0.5, 0.6) is 0 Å². The van der Waals surface area contributed by atoms with Crippen molar-refractivity contribution in [1.29, 1.82) is 0 Å². The maximum Gasteiger partial charge on any atom is 0.167 e. The normalized spacial score (nSPS) is 10.8. The first-order valence-corrected chi connectivity index (χ1v) is 7.71. The van der Waals surface area contributed by atoms with Crippen LogP contribution in [0.3, 0.4) is 0 Å². The molecule has 1 nitrogen and oxygen atoms in total. The summed E-state index contributed by atoms with van der Waals surface area (Å²) in [5.74, 6) is 0.158. The summed E-state index contributed by atoms with van der Waals surface area (Å²) in [7, 11) is 0. The molecule has 0 heterocycles. The van der Waals surface area contributed by atoms with Crippen LogP contribution >= 0.6 is 15.9 Å². The molecule has 0 unspecified atom stereocenters. The van der Waals surface area contributed by atoms with Crippen LogP contribution in [0.15, 0.2) is 65.1 Å². The van der Waals surface area contributed by atoms with Gasteiger partial charge >= 0.3 is 0 Å². The van der Waals surface area contributed by atoms with Gasteiger partial charge in [-0.05, 0) is 34.9 Å². The summed E-state index contributed by atoms with van der Waals surface area (Å²) in [6.45, 7) is 1.97. The number of rotatable bonds is 3. The van der Waals surface area contributed by atoms with Crippen molar-refractivity contribution in [2.45, 2.75) is 13.3 Å². The van der Waals surface area contributed by atoms with E-state index in [1.807, 2.05) is 49.4 Å². The summed E-state index contributed by atoms with van der Waals surface area (Å²) in [5.41, 5.74) is 2.87. The second kappa shape index (κ2) is 5.82. The molecule has 0 fully saturated rings. The Kier molecular flexibility index (Phi) is 3.89. The Labute approximate surface area is 132 Å². The average Bonchev–Trinajstić information content (AvgIpc) is 2.50. The average molecular weight is 339 g/mol. The van der Waals surface area contributed by atoms with Crippen molar-refractivity contribution in [3.63, 3.8) is 0 Å². The number of hydrogen-bond donors (Lipinski definition) is 0. The maximum absolute atomic E-state index is 12.6. The number of hydrogen-bond acceptors (Lipinski definition) is 1. The van der Waals surface area contributed by atoms with Gasteiger partial charge in [0, 0.05) is 16.5 Å². The van der Waals surface area contributed by atoms with Crippen LogP contribution in [0.1, 0.15) is 21.5 Å². The Hall–Kier alpha value is -1.93. The minimum atomic E-state index is 0.158. The quantitative estimate of drug-likeness (QED) is 0.589. The first-order chi connectivity index (χ1) is 10.2. The van der Waals surface area contributed by atoms with Gasteiger partial charge in [0.05, 0.1) is 0 Å². The number of Topliss-reactive ketones (excluding diaryl/α,β-unsaturated/α-hetero) is 1. The largest absolute Gasteiger partial charge is 0.294 e. The van der Waals surface area contributed by atoms with Crippen molar-refractivity contribution in [3.05, 3.63) is 81.8 Å². The van der Waals surface area contributed by atoms with Gasteiger partial charge in [0.2, 0.25) is 0 Å². The van der Waals surface area contributed by atoms with E-state index in [9.17, 15) is 4.79 Å². The minimum absolute atomic E-state index is 0.158. The molecule has 0 spiro atoms. The van der Waals surface area contributed by atoms with E-state index in [1.165, 1.54) is 5.39 Å². The summed E-state index contributed by atoms with van der Waals surface area (Å²) >= 11 is 3.49. The molecule has 104 valence electrons. The Bertz CT molecular complexity index is 815. The van der Waals surface area contributed by atoms with Crippen molar-refractivity contribution >= 4 is 32.5 Å². The molecule has 0 aliphatic rings. The predicted octanol–water partition coefficient (Wildman–Crippen LogP) is 5.34. The zero-order chi connectivity index (χ0) is 14.8. The van der Waals surface area contributed by atoms with Crippen molar-refractivity contribution in [1.82, 2.24) is 0 Å². The number of carbonyl (C=O) groups is 1. The van der Waals surface area contributed by atoms with Gasteiger partial charge in [-0.1, -0.05) is 70.5 Å². The lowest BCUT2D eigenvalue weighted by Gasteiger charge is -2.09. The zero-order valence-electron chi connectivity index (χ0n) is 11.8. The third kappa shape index (κ3) is 2.77. The summed E-state index contributed by atoms with van der Waals surface area (Å²) in [4.78, 5) is 12.6. The van der Waals surface area contributed by atoms with Crippen LogP contribution < -0.4 is 0 Å². The number of ketones is 1. The fraction of sp³-hybridized carbons (Fsp3) is 0.105. The van der Waals surface area contributed by atoms with Crippen molar-refractivity contribution in [2.24, 2.45) is 0 Å². The van der Waals surface area contributed by atoms with Crippen LogP contribution in [-0.2, 0) is 6.42 Å². The van der Waals surface area contributed by atoms with Gasteiger partial charge in [0.1, 0.15) is 0 Å². The van der Waals surface area contributed by atoms with E-state index in [0.717, 1.165) is 26.5 Å². The zero-order valence-corrected chi connectivity index (χ0v) is 13.4. The van der Waals surface area contributed by atoms with Gasteiger partial charge in [0.15, 0.2) is 5.78 Å². The SMILES string of the molecule is Cc1c(Br)cccc1C(=O)Cc1cccc2ccccc12. The van der Waals surface area contributed by atoms with E-state index in [1.54, 1.807) is 0 Å². The van der Waals surface area contributed by atoms with E-state index < -0.39 is 0 Å². The third-order valence-corrected chi connectivity index (χ3v) is 4.66. The van der Waals surface area contributed by atoms with Gasteiger partial charge in [-0.15, -0.1) is 0 Å². The predicted molar refractivity (Wildman–Crippen MR) is 90.9 cm³/mol. The van der Waals surface area contributed by atoms with Gasteiger partial charge in [-0.3, -0.25) is 4.79 Å². The summed E-state index contributed by atoms with van der Waals surface area (Å²) < 4.78 is 0.978. The van der Waals surface area contributed by atoms with Crippen LogP contribution in [0, 0.1) is 6.92 Å². The Morgan fingerprint density at radius 3 is 2.52 bits per heavy atom. The van der Waals surface area contributed by atoms with Crippen molar-refractivity contribution < 1.29 is 4.79 Å². The summed E-state index contributed by atoms with van der Waals surface area (Å²) in [6.07, 6.45) is 0.429. The Morgan fingerprint density at radius 1 is 0.952 bits per heavy atom. The van der Waals surface area contributed by atoms with Gasteiger partial charge in [-0.25, -0.2) is 0 Å². The van der Waals surface area contributed by atoms with Crippen molar-refractivity contribution in [2.75, 3.05) is 0 Å². The van der Waals surface area contributed by atoms with Crippen LogP contribution in [0.2, 0.25) is 0 Å². The molecule has 3 rings (SSSR count). The number of benzene rings is 3. The number of halogens is 1. The lowest BCUT2D eigenvalue weighted by atomic mass is 9.96. The highest BCUT2D eigenvalue weighted by Gasteiger charge is 2.12. The topological polar surface area (TPSA) is 17.1 Å². The molecule has 0 saturated carbocycles. The van der Waals surface area contributed by atoms with E-state index >= 15 is 0 Å². The van der Waals surface area contributed by atoms with Gasteiger partial charge < -0.3 is 0 Å². The molecule has 3 aromatic carbocycles. The van der Waals surface area contributed by atoms with Crippen LogP contribution in [-0.4, -0.2) is 5.78 Å². The second-order valence-corrected chi connectivity index (χ2v) is 6.00. The van der Waals surface area contributed by atoms with Crippen LogP contribution in [0.4, 0.5) is 0 Å². The fourth-order valence-electron chi connectivity index (χ4n) is 2.62. The van der Waals surface area contributed by atoms with E-state index in [4.69, 9.17) is 0 Å². The van der Waals surface area contributed by atoms with E-state index in [2.05, 4.69) is 34.1 Å². The number of carbonyl (C=O) groups excluding carboxylic acids is 1. The van der Waals surface area contributed by atoms with Gasteiger partial charge in [0.25, 0.3) is 0 Å². The molecule has 0 aliphatic carbocycles. The fourth-order valence-corrected chi connectivity index (χ4v) is 2.99. The second-order valence-electron chi connectivity index (χ2n) is 5.15. The standard InChI is InChI=1S/C19H15BrO/c1-13-16(10-5-11-18(13)20)19(21)12-15-8-4-7-14-6-2-3-9-17(14)15/h2-11H,12H2,1H3. The van der Waals surface area contributed by atoms with Crippen molar-refractivity contribution in [3.8, 4) is 0 Å². The first-order valence-electron chi connectivity index (χ1n) is 6.92. The molecule has 0 atom stereocenters. The molecule has 0 bridgehead atoms. The lowest BCUT2D eigenvalue weighted by molar-refractivity contribution is 0.0992. The van der Waals surface area contributed by atoms with Crippen LogP contribution in [0.25, 0.3) is 10.8 Å². The lowest BCUT2D eigenvalue weighted by Crippen LogP contribution is -2.06. The molecule has 0 amide bonds. The Balaban J connectivity index is 1.99. The van der Waals surface area contributed by atoms with E-state index in [-0.39, 0.29) is 5.78 Å². The Morgan fingerprint density at radius 2 is 1.67 bits per heavy atom. The maximum atomic E-state index is 12.6. The summed E-state index contributed by atoms with van der Waals surface area (Å²) in [6, 6.07) is 20.1. The molecule has 0 radical (unpaired) electrons. The molecule has 0 saturated heterocycles. The van der Waals surface area contributed by atoms with E-state index in [0.29, 0.717) is 6.42 Å². The third-order valence-electron chi connectivity index (χ3n) is 3.80. The highest BCUT2D eigenvalue weighted by molar-refractivity contribution is 9.10. The molecule has 0 N–H and O–H groups in total. The smallest absolute Gasteiger partial charge is 0.167 e. The minimum Gasteiger partial charge on any atom is -0.294 e. The molecule has 21 heavy (non-hydrogen) atoms.